The van der Waals surface area contributed by atoms with E-state index in [2.05, 4.69) is 15.0 Å². The van der Waals surface area contributed by atoms with Gasteiger partial charge in [0.25, 0.3) is 0 Å². The molecule has 0 N–H and O–H groups in total. The van der Waals surface area contributed by atoms with Crippen LogP contribution in [0.2, 0.25) is 0 Å². The summed E-state index contributed by atoms with van der Waals surface area (Å²) in [6.45, 7) is 1.81. The van der Waals surface area contributed by atoms with Gasteiger partial charge in [0.2, 0.25) is 5.91 Å². The van der Waals surface area contributed by atoms with Crippen LogP contribution in [0.15, 0.2) is 48.8 Å². The van der Waals surface area contributed by atoms with Crippen molar-refractivity contribution in [3.05, 3.63) is 65.9 Å². The lowest BCUT2D eigenvalue weighted by Gasteiger charge is -2.24. The number of hydrogen-bond donors (Lipinski definition) is 0. The summed E-state index contributed by atoms with van der Waals surface area (Å²) in [5.41, 5.74) is 2.55. The monoisotopic (exact) mass is 416 g/mol. The number of hydrogen-bond acceptors (Lipinski definition) is 4. The van der Waals surface area contributed by atoms with Crippen molar-refractivity contribution in [2.24, 2.45) is 0 Å². The fraction of sp³-hybridized carbons (Fsp3) is 0.364. The first-order valence-corrected chi connectivity index (χ1v) is 9.71. The van der Waals surface area contributed by atoms with Gasteiger partial charge in [-0.25, -0.2) is 0 Å². The number of fused-ring (bicyclic) bond motifs is 1. The summed E-state index contributed by atoms with van der Waals surface area (Å²) in [5.74, 6) is -0.0691. The van der Waals surface area contributed by atoms with E-state index in [-0.39, 0.29) is 24.1 Å². The number of amides is 1. The third-order valence-electron chi connectivity index (χ3n) is 5.04. The highest BCUT2D eigenvalue weighted by Gasteiger charge is 2.27. The number of rotatable bonds is 7. The molecule has 3 aromatic rings. The number of benzene rings is 1. The molecule has 8 heteroatoms. The SMILES string of the molecule is CC(c1cnc(CCC(F)(F)F)cn1)N(C)C(=O)CCc1ccc2ccccc2n1. The van der Waals surface area contributed by atoms with Gasteiger partial charge in [-0.1, -0.05) is 24.3 Å². The fourth-order valence-corrected chi connectivity index (χ4v) is 3.05. The van der Waals surface area contributed by atoms with Crippen LogP contribution in [-0.4, -0.2) is 39.0 Å². The summed E-state index contributed by atoms with van der Waals surface area (Å²) in [5, 5.41) is 1.05. The smallest absolute Gasteiger partial charge is 0.337 e. The van der Waals surface area contributed by atoms with E-state index in [0.717, 1.165) is 16.6 Å². The molecule has 2 heterocycles. The normalized spacial score (nSPS) is 12.7. The second-order valence-corrected chi connectivity index (χ2v) is 7.22. The average molecular weight is 416 g/mol. The number of alkyl halides is 3. The Hall–Kier alpha value is -3.03. The largest absolute Gasteiger partial charge is 0.389 e. The first-order valence-electron chi connectivity index (χ1n) is 9.71. The quantitative estimate of drug-likeness (QED) is 0.562. The van der Waals surface area contributed by atoms with Gasteiger partial charge in [0.05, 0.1) is 29.1 Å². The van der Waals surface area contributed by atoms with Crippen LogP contribution in [0, 0.1) is 0 Å². The first kappa shape index (κ1) is 21.7. The van der Waals surface area contributed by atoms with Gasteiger partial charge < -0.3 is 4.90 Å². The van der Waals surface area contributed by atoms with Gasteiger partial charge in [-0.05, 0) is 31.9 Å². The van der Waals surface area contributed by atoms with E-state index in [1.807, 2.05) is 43.3 Å². The molecular formula is C22H23F3N4O. The Morgan fingerprint density at radius 1 is 1.03 bits per heavy atom. The summed E-state index contributed by atoms with van der Waals surface area (Å²) in [7, 11) is 1.68. The van der Waals surface area contributed by atoms with Crippen LogP contribution in [0.4, 0.5) is 13.2 Å². The van der Waals surface area contributed by atoms with Gasteiger partial charge in [-0.2, -0.15) is 13.2 Å². The van der Waals surface area contributed by atoms with Gasteiger partial charge in [-0.15, -0.1) is 0 Å². The van der Waals surface area contributed by atoms with E-state index in [0.29, 0.717) is 18.5 Å². The van der Waals surface area contributed by atoms with Crippen molar-refractivity contribution in [1.82, 2.24) is 19.9 Å². The number of carbonyl (C=O) groups excluding carboxylic acids is 1. The predicted molar refractivity (Wildman–Crippen MR) is 108 cm³/mol. The van der Waals surface area contributed by atoms with Crippen LogP contribution < -0.4 is 0 Å². The molecule has 0 radical (unpaired) electrons. The number of para-hydroxylation sites is 1. The Balaban J connectivity index is 1.56. The molecular weight excluding hydrogens is 393 g/mol. The minimum atomic E-state index is -4.22. The maximum absolute atomic E-state index is 12.6. The number of aryl methyl sites for hydroxylation is 2. The maximum atomic E-state index is 12.6. The lowest BCUT2D eigenvalue weighted by molar-refractivity contribution is -0.134. The molecule has 0 fully saturated rings. The van der Waals surface area contributed by atoms with E-state index >= 15 is 0 Å². The van der Waals surface area contributed by atoms with Crippen LogP contribution in [0.1, 0.15) is 42.9 Å². The molecule has 3 rings (SSSR count). The summed E-state index contributed by atoms with van der Waals surface area (Å²) < 4.78 is 37.0. The van der Waals surface area contributed by atoms with Gasteiger partial charge in [-0.3, -0.25) is 19.7 Å². The van der Waals surface area contributed by atoms with Crippen molar-refractivity contribution in [2.45, 2.75) is 44.8 Å². The number of pyridine rings is 1. The van der Waals surface area contributed by atoms with Crippen molar-refractivity contribution in [2.75, 3.05) is 7.05 Å². The molecule has 1 unspecified atom stereocenters. The minimum absolute atomic E-state index is 0.0691. The van der Waals surface area contributed by atoms with Crippen molar-refractivity contribution < 1.29 is 18.0 Å². The minimum Gasteiger partial charge on any atom is -0.337 e. The zero-order valence-electron chi connectivity index (χ0n) is 16.9. The molecule has 1 aromatic carbocycles. The van der Waals surface area contributed by atoms with Crippen LogP contribution >= 0.6 is 0 Å². The van der Waals surface area contributed by atoms with Gasteiger partial charge in [0, 0.05) is 37.2 Å². The highest BCUT2D eigenvalue weighted by atomic mass is 19.4. The summed E-state index contributed by atoms with van der Waals surface area (Å²) in [4.78, 5) is 27.0. The molecule has 30 heavy (non-hydrogen) atoms. The van der Waals surface area contributed by atoms with E-state index in [4.69, 9.17) is 0 Å². The molecule has 1 amide bonds. The number of nitrogens with zero attached hydrogens (tertiary/aromatic N) is 4. The third-order valence-corrected chi connectivity index (χ3v) is 5.04. The van der Waals surface area contributed by atoms with E-state index in [1.165, 1.54) is 12.4 Å². The molecule has 0 bridgehead atoms. The molecule has 0 saturated heterocycles. The Kier molecular flexibility index (Phi) is 6.64. The van der Waals surface area contributed by atoms with Crippen LogP contribution in [0.5, 0.6) is 0 Å². The molecule has 0 aliphatic rings. The maximum Gasteiger partial charge on any atom is 0.389 e. The number of aromatic nitrogens is 3. The van der Waals surface area contributed by atoms with Gasteiger partial charge >= 0.3 is 6.18 Å². The van der Waals surface area contributed by atoms with Crippen LogP contribution in [0.3, 0.4) is 0 Å². The van der Waals surface area contributed by atoms with Crippen molar-refractivity contribution in [1.29, 1.82) is 0 Å². The van der Waals surface area contributed by atoms with Crippen LogP contribution in [0.25, 0.3) is 10.9 Å². The Bertz CT molecular complexity index is 1010. The second kappa shape index (κ2) is 9.19. The molecule has 5 nitrogen and oxygen atoms in total. The molecule has 158 valence electrons. The van der Waals surface area contributed by atoms with E-state index in [9.17, 15) is 18.0 Å². The van der Waals surface area contributed by atoms with E-state index < -0.39 is 12.6 Å². The summed E-state index contributed by atoms with van der Waals surface area (Å²) >= 11 is 0. The number of carbonyl (C=O) groups is 1. The average Bonchev–Trinajstić information content (AvgIpc) is 2.74. The Labute approximate surface area is 173 Å². The lowest BCUT2D eigenvalue weighted by Crippen LogP contribution is -2.30. The zero-order chi connectivity index (χ0) is 21.7. The summed E-state index contributed by atoms with van der Waals surface area (Å²) in [6, 6.07) is 11.4. The standard InChI is InChI=1S/C22H23F3N4O/c1-15(20-14-26-18(13-27-20)11-12-22(23,24)25)29(2)21(30)10-9-17-8-7-16-5-3-4-6-19(16)28-17/h3-8,13-15H,9-12H2,1-2H3. The summed E-state index contributed by atoms with van der Waals surface area (Å²) in [6.07, 6.45) is -1.78. The number of halogens is 3. The van der Waals surface area contributed by atoms with Crippen molar-refractivity contribution in [3.8, 4) is 0 Å². The Morgan fingerprint density at radius 2 is 1.80 bits per heavy atom. The second-order valence-electron chi connectivity index (χ2n) is 7.22. The lowest BCUT2D eigenvalue weighted by atomic mass is 10.1. The molecule has 0 aliphatic carbocycles. The highest BCUT2D eigenvalue weighted by Crippen LogP contribution is 2.22. The highest BCUT2D eigenvalue weighted by molar-refractivity contribution is 5.79. The third kappa shape index (κ3) is 5.75. The van der Waals surface area contributed by atoms with Crippen LogP contribution in [-0.2, 0) is 17.6 Å². The predicted octanol–water partition coefficient (Wildman–Crippen LogP) is 4.67. The Morgan fingerprint density at radius 3 is 2.50 bits per heavy atom. The van der Waals surface area contributed by atoms with Crippen molar-refractivity contribution in [3.63, 3.8) is 0 Å². The molecule has 1 atom stereocenters. The van der Waals surface area contributed by atoms with Gasteiger partial charge in [0.15, 0.2) is 0 Å². The molecule has 0 spiro atoms. The topological polar surface area (TPSA) is 59.0 Å². The zero-order valence-corrected chi connectivity index (χ0v) is 16.9. The van der Waals surface area contributed by atoms with Gasteiger partial charge in [0.1, 0.15) is 0 Å². The molecule has 0 saturated carbocycles. The molecule has 2 aromatic heterocycles. The first-order chi connectivity index (χ1) is 14.2. The van der Waals surface area contributed by atoms with E-state index in [1.54, 1.807) is 11.9 Å². The fourth-order valence-electron chi connectivity index (χ4n) is 3.05. The van der Waals surface area contributed by atoms with Crippen molar-refractivity contribution >= 4 is 16.8 Å². The molecule has 0 aliphatic heterocycles.